The molecule has 1 aliphatic carbocycles. The standard InChI is InChI=1S/C12H19N3O/c16-8-10-6-11(14-13-10)12-2-1-5-15(12)7-9-3-4-9/h6,9,12,16H,1-5,7-8H2,(H,13,14)/t12-/m0/s1. The van der Waals surface area contributed by atoms with Crippen LogP contribution in [0.15, 0.2) is 6.07 Å². The average molecular weight is 221 g/mol. The third-order valence-electron chi connectivity index (χ3n) is 3.72. The molecule has 1 aliphatic heterocycles. The average Bonchev–Trinajstić information content (AvgIpc) is 2.81. The number of likely N-dealkylation sites (tertiary alicyclic amines) is 1. The molecule has 4 heteroatoms. The molecule has 2 fully saturated rings. The maximum atomic E-state index is 9.03. The normalized spacial score (nSPS) is 26.4. The van der Waals surface area contributed by atoms with Gasteiger partial charge in [0, 0.05) is 6.54 Å². The van der Waals surface area contributed by atoms with Crippen LogP contribution < -0.4 is 0 Å². The van der Waals surface area contributed by atoms with Crippen molar-refractivity contribution in [2.45, 2.75) is 38.3 Å². The predicted octanol–water partition coefficient (Wildman–Crippen LogP) is 1.45. The van der Waals surface area contributed by atoms with E-state index in [9.17, 15) is 0 Å². The molecule has 88 valence electrons. The Labute approximate surface area is 95.7 Å². The number of rotatable bonds is 4. The molecule has 2 N–H and O–H groups in total. The SMILES string of the molecule is OCc1cc([C@@H]2CCCN2CC2CC2)n[nH]1. The van der Waals surface area contributed by atoms with E-state index in [2.05, 4.69) is 15.1 Å². The number of nitrogens with zero attached hydrogens (tertiary/aromatic N) is 2. The van der Waals surface area contributed by atoms with E-state index in [-0.39, 0.29) is 6.61 Å². The lowest BCUT2D eigenvalue weighted by Gasteiger charge is -2.22. The molecule has 0 amide bonds. The van der Waals surface area contributed by atoms with E-state index in [0.717, 1.165) is 17.3 Å². The zero-order valence-electron chi connectivity index (χ0n) is 9.52. The van der Waals surface area contributed by atoms with E-state index >= 15 is 0 Å². The Morgan fingerprint density at radius 3 is 3.00 bits per heavy atom. The van der Waals surface area contributed by atoms with Crippen LogP contribution in [0.3, 0.4) is 0 Å². The van der Waals surface area contributed by atoms with Gasteiger partial charge in [-0.3, -0.25) is 10.00 Å². The summed E-state index contributed by atoms with van der Waals surface area (Å²) >= 11 is 0. The Morgan fingerprint density at radius 1 is 1.44 bits per heavy atom. The van der Waals surface area contributed by atoms with Crippen LogP contribution in [-0.2, 0) is 6.61 Å². The van der Waals surface area contributed by atoms with Crippen LogP contribution in [0.4, 0.5) is 0 Å². The zero-order valence-corrected chi connectivity index (χ0v) is 9.52. The molecule has 1 aromatic heterocycles. The van der Waals surface area contributed by atoms with Gasteiger partial charge in [-0.2, -0.15) is 5.10 Å². The van der Waals surface area contributed by atoms with Gasteiger partial charge in [0.2, 0.25) is 0 Å². The van der Waals surface area contributed by atoms with Crippen LogP contribution in [-0.4, -0.2) is 33.3 Å². The maximum absolute atomic E-state index is 9.03. The fraction of sp³-hybridized carbons (Fsp3) is 0.750. The molecule has 1 saturated carbocycles. The zero-order chi connectivity index (χ0) is 11.0. The van der Waals surface area contributed by atoms with Crippen molar-refractivity contribution in [1.82, 2.24) is 15.1 Å². The van der Waals surface area contributed by atoms with Crippen molar-refractivity contribution in [2.75, 3.05) is 13.1 Å². The molecule has 3 rings (SSSR count). The van der Waals surface area contributed by atoms with Gasteiger partial charge >= 0.3 is 0 Å². The van der Waals surface area contributed by atoms with Crippen molar-refractivity contribution in [3.8, 4) is 0 Å². The van der Waals surface area contributed by atoms with Gasteiger partial charge in [-0.05, 0) is 44.2 Å². The first kappa shape index (κ1) is 10.3. The van der Waals surface area contributed by atoms with Crippen molar-refractivity contribution in [1.29, 1.82) is 0 Å². The summed E-state index contributed by atoms with van der Waals surface area (Å²) in [5, 5.41) is 16.2. The van der Waals surface area contributed by atoms with Crippen molar-refractivity contribution in [3.63, 3.8) is 0 Å². The Morgan fingerprint density at radius 2 is 2.31 bits per heavy atom. The van der Waals surface area contributed by atoms with Gasteiger partial charge in [0.25, 0.3) is 0 Å². The lowest BCUT2D eigenvalue weighted by molar-refractivity contribution is 0.242. The summed E-state index contributed by atoms with van der Waals surface area (Å²) in [7, 11) is 0. The monoisotopic (exact) mass is 221 g/mol. The molecular weight excluding hydrogens is 202 g/mol. The van der Waals surface area contributed by atoms with E-state index in [1.54, 1.807) is 0 Å². The minimum absolute atomic E-state index is 0.0579. The first-order valence-electron chi connectivity index (χ1n) is 6.26. The highest BCUT2D eigenvalue weighted by atomic mass is 16.3. The lowest BCUT2D eigenvalue weighted by atomic mass is 10.1. The molecule has 4 nitrogen and oxygen atoms in total. The van der Waals surface area contributed by atoms with Gasteiger partial charge in [-0.15, -0.1) is 0 Å². The molecule has 1 atom stereocenters. The van der Waals surface area contributed by atoms with E-state index in [1.807, 2.05) is 6.07 Å². The van der Waals surface area contributed by atoms with E-state index in [4.69, 9.17) is 5.11 Å². The van der Waals surface area contributed by atoms with Gasteiger partial charge in [-0.1, -0.05) is 0 Å². The minimum Gasteiger partial charge on any atom is -0.390 e. The summed E-state index contributed by atoms with van der Waals surface area (Å²) in [5.74, 6) is 0.942. The highest BCUT2D eigenvalue weighted by molar-refractivity contribution is 5.13. The summed E-state index contributed by atoms with van der Waals surface area (Å²) < 4.78 is 0. The smallest absolute Gasteiger partial charge is 0.0847 e. The topological polar surface area (TPSA) is 52.1 Å². The third-order valence-corrected chi connectivity index (χ3v) is 3.72. The molecule has 0 radical (unpaired) electrons. The quantitative estimate of drug-likeness (QED) is 0.809. The molecule has 0 bridgehead atoms. The molecule has 2 aliphatic rings. The van der Waals surface area contributed by atoms with Gasteiger partial charge in [-0.25, -0.2) is 0 Å². The summed E-state index contributed by atoms with van der Waals surface area (Å²) in [6, 6.07) is 2.49. The summed E-state index contributed by atoms with van der Waals surface area (Å²) in [6.45, 7) is 2.51. The first-order valence-corrected chi connectivity index (χ1v) is 6.26. The van der Waals surface area contributed by atoms with Crippen LogP contribution >= 0.6 is 0 Å². The number of hydrogen-bond acceptors (Lipinski definition) is 3. The minimum atomic E-state index is 0.0579. The number of H-pyrrole nitrogens is 1. The van der Waals surface area contributed by atoms with Crippen molar-refractivity contribution < 1.29 is 5.11 Å². The van der Waals surface area contributed by atoms with Crippen LogP contribution in [0.1, 0.15) is 43.1 Å². The molecule has 0 spiro atoms. The van der Waals surface area contributed by atoms with Gasteiger partial charge in [0.15, 0.2) is 0 Å². The molecule has 1 aromatic rings. The molecule has 1 saturated heterocycles. The second kappa shape index (κ2) is 4.18. The largest absolute Gasteiger partial charge is 0.390 e. The van der Waals surface area contributed by atoms with Gasteiger partial charge in [0.05, 0.1) is 24.0 Å². The number of aliphatic hydroxyl groups excluding tert-OH is 1. The molecule has 0 aromatic carbocycles. The van der Waals surface area contributed by atoms with Crippen molar-refractivity contribution >= 4 is 0 Å². The fourth-order valence-electron chi connectivity index (χ4n) is 2.64. The summed E-state index contributed by atoms with van der Waals surface area (Å²) in [5.41, 5.74) is 1.94. The highest BCUT2D eigenvalue weighted by Crippen LogP contribution is 2.37. The molecular formula is C12H19N3O. The van der Waals surface area contributed by atoms with Crippen LogP contribution in [0.25, 0.3) is 0 Å². The highest BCUT2D eigenvalue weighted by Gasteiger charge is 2.32. The second-order valence-corrected chi connectivity index (χ2v) is 5.07. The number of aromatic nitrogens is 2. The Balaban J connectivity index is 1.71. The van der Waals surface area contributed by atoms with Crippen molar-refractivity contribution in [2.24, 2.45) is 5.92 Å². The van der Waals surface area contributed by atoms with Gasteiger partial charge in [0.1, 0.15) is 0 Å². The number of aromatic amines is 1. The molecule has 0 unspecified atom stereocenters. The summed E-state index contributed by atoms with van der Waals surface area (Å²) in [6.07, 6.45) is 5.30. The Bertz CT molecular complexity index is 359. The maximum Gasteiger partial charge on any atom is 0.0847 e. The number of nitrogens with one attached hydrogen (secondary N) is 1. The van der Waals surface area contributed by atoms with E-state index in [1.165, 1.54) is 38.8 Å². The number of hydrogen-bond donors (Lipinski definition) is 2. The fourth-order valence-corrected chi connectivity index (χ4v) is 2.64. The van der Waals surface area contributed by atoms with E-state index < -0.39 is 0 Å². The second-order valence-electron chi connectivity index (χ2n) is 5.07. The van der Waals surface area contributed by atoms with Crippen molar-refractivity contribution in [3.05, 3.63) is 17.5 Å². The number of aliphatic hydroxyl groups is 1. The Hall–Kier alpha value is -0.870. The molecule has 16 heavy (non-hydrogen) atoms. The third kappa shape index (κ3) is 1.99. The van der Waals surface area contributed by atoms with Crippen LogP contribution in [0, 0.1) is 5.92 Å². The lowest BCUT2D eigenvalue weighted by Crippen LogP contribution is -2.25. The first-order chi connectivity index (χ1) is 7.86. The molecule has 2 heterocycles. The van der Waals surface area contributed by atoms with Crippen LogP contribution in [0.2, 0.25) is 0 Å². The Kier molecular flexibility index (Phi) is 2.69. The summed E-state index contributed by atoms with van der Waals surface area (Å²) in [4.78, 5) is 2.56. The van der Waals surface area contributed by atoms with Crippen LogP contribution in [0.5, 0.6) is 0 Å². The predicted molar refractivity (Wildman–Crippen MR) is 60.8 cm³/mol. The van der Waals surface area contributed by atoms with E-state index in [0.29, 0.717) is 6.04 Å². The van der Waals surface area contributed by atoms with Gasteiger partial charge < -0.3 is 5.11 Å².